The van der Waals surface area contributed by atoms with Gasteiger partial charge in [0.2, 0.25) is 5.91 Å². The van der Waals surface area contributed by atoms with Crippen molar-refractivity contribution in [2.75, 3.05) is 26.2 Å². The highest BCUT2D eigenvalue weighted by Gasteiger charge is 2.38. The first-order valence-electron chi connectivity index (χ1n) is 10.0. The first-order valence-corrected chi connectivity index (χ1v) is 10.0. The Hall–Kier alpha value is -1.10. The minimum Gasteiger partial charge on any atom is -0.354 e. The van der Waals surface area contributed by atoms with Crippen LogP contribution in [0.15, 0.2) is 30.3 Å². The van der Waals surface area contributed by atoms with Crippen LogP contribution in [0.2, 0.25) is 0 Å². The third-order valence-electron chi connectivity index (χ3n) is 6.16. The van der Waals surface area contributed by atoms with Gasteiger partial charge in [-0.15, -0.1) is 12.4 Å². The second kappa shape index (κ2) is 10.3. The standard InChI is InChI=1S/C21H33N3O.ClH/c22-16-19(18-10-4-1-5-11-18)20(25)23-17-21(12-6-2-7-13-21)24-14-8-3-9-15-24;/h1,4-5,10-11,19H,2-3,6-9,12-17,22H2,(H,23,25);1H. The van der Waals surface area contributed by atoms with E-state index >= 15 is 0 Å². The second-order valence-electron chi connectivity index (χ2n) is 7.75. The Bertz CT molecular complexity index is 539. The number of benzene rings is 1. The van der Waals surface area contributed by atoms with E-state index in [4.69, 9.17) is 5.73 Å². The molecule has 0 aromatic heterocycles. The summed E-state index contributed by atoms with van der Waals surface area (Å²) in [5.74, 6) is -0.168. The number of nitrogens with one attached hydrogen (secondary N) is 1. The molecule has 2 fully saturated rings. The number of amides is 1. The van der Waals surface area contributed by atoms with Gasteiger partial charge in [-0.25, -0.2) is 0 Å². The van der Waals surface area contributed by atoms with Crippen LogP contribution >= 0.6 is 12.4 Å². The summed E-state index contributed by atoms with van der Waals surface area (Å²) in [6.45, 7) is 3.51. The molecule has 26 heavy (non-hydrogen) atoms. The molecule has 3 rings (SSSR count). The minimum absolute atomic E-state index is 0. The molecule has 4 nitrogen and oxygen atoms in total. The van der Waals surface area contributed by atoms with Crippen molar-refractivity contribution < 1.29 is 4.79 Å². The Morgan fingerprint density at radius 1 is 1.04 bits per heavy atom. The van der Waals surface area contributed by atoms with Crippen molar-refractivity contribution in [3.8, 4) is 0 Å². The molecule has 1 amide bonds. The lowest BCUT2D eigenvalue weighted by molar-refractivity contribution is -0.123. The SMILES string of the molecule is Cl.NCC(C(=O)NCC1(N2CCCCC2)CCCCC1)c1ccccc1. The van der Waals surface area contributed by atoms with Gasteiger partial charge in [-0.1, -0.05) is 56.0 Å². The maximum atomic E-state index is 12.8. The van der Waals surface area contributed by atoms with Gasteiger partial charge in [-0.2, -0.15) is 0 Å². The van der Waals surface area contributed by atoms with Crippen LogP contribution in [-0.4, -0.2) is 42.5 Å². The van der Waals surface area contributed by atoms with E-state index in [1.54, 1.807) is 0 Å². The summed E-state index contributed by atoms with van der Waals surface area (Å²) < 4.78 is 0. The van der Waals surface area contributed by atoms with Gasteiger partial charge in [0.05, 0.1) is 5.92 Å². The van der Waals surface area contributed by atoms with Gasteiger partial charge >= 0.3 is 0 Å². The zero-order chi connectivity index (χ0) is 17.5. The van der Waals surface area contributed by atoms with Gasteiger partial charge in [0.15, 0.2) is 0 Å². The number of piperidine rings is 1. The molecular weight excluding hydrogens is 346 g/mol. The molecule has 1 saturated heterocycles. The Morgan fingerprint density at radius 2 is 1.65 bits per heavy atom. The first kappa shape index (κ1) is 21.2. The lowest BCUT2D eigenvalue weighted by atomic mass is 9.79. The first-order chi connectivity index (χ1) is 12.2. The van der Waals surface area contributed by atoms with E-state index in [1.165, 1.54) is 64.5 Å². The topological polar surface area (TPSA) is 58.4 Å². The van der Waals surface area contributed by atoms with Gasteiger partial charge in [-0.3, -0.25) is 9.69 Å². The van der Waals surface area contributed by atoms with E-state index in [0.717, 1.165) is 12.1 Å². The van der Waals surface area contributed by atoms with Gasteiger partial charge in [0, 0.05) is 18.6 Å². The average molecular weight is 380 g/mol. The van der Waals surface area contributed by atoms with Crippen LogP contribution in [0.3, 0.4) is 0 Å². The molecule has 146 valence electrons. The smallest absolute Gasteiger partial charge is 0.228 e. The number of likely N-dealkylation sites (tertiary alicyclic amines) is 1. The lowest BCUT2D eigenvalue weighted by Gasteiger charge is -2.48. The number of rotatable bonds is 6. The van der Waals surface area contributed by atoms with E-state index in [1.807, 2.05) is 30.3 Å². The highest BCUT2D eigenvalue weighted by molar-refractivity contribution is 5.85. The number of halogens is 1. The van der Waals surface area contributed by atoms with E-state index in [-0.39, 0.29) is 29.8 Å². The minimum atomic E-state index is -0.247. The molecule has 2 aliphatic rings. The molecule has 1 heterocycles. The molecule has 3 N–H and O–H groups in total. The molecule has 1 unspecified atom stereocenters. The number of nitrogens with two attached hydrogens (primary N) is 1. The number of hydrogen-bond acceptors (Lipinski definition) is 3. The molecule has 1 aromatic rings. The van der Waals surface area contributed by atoms with Crippen LogP contribution in [-0.2, 0) is 4.79 Å². The van der Waals surface area contributed by atoms with E-state index in [0.29, 0.717) is 6.54 Å². The third kappa shape index (κ3) is 4.99. The van der Waals surface area contributed by atoms with Crippen molar-refractivity contribution in [1.82, 2.24) is 10.2 Å². The molecule has 0 bridgehead atoms. The molecule has 5 heteroatoms. The monoisotopic (exact) mass is 379 g/mol. The van der Waals surface area contributed by atoms with Crippen molar-refractivity contribution in [3.05, 3.63) is 35.9 Å². The van der Waals surface area contributed by atoms with Gasteiger partial charge < -0.3 is 11.1 Å². The van der Waals surface area contributed by atoms with Crippen LogP contribution in [0.5, 0.6) is 0 Å². The molecule has 0 radical (unpaired) electrons. The van der Waals surface area contributed by atoms with Crippen molar-refractivity contribution in [2.45, 2.75) is 62.8 Å². The van der Waals surface area contributed by atoms with Crippen LogP contribution in [0.25, 0.3) is 0 Å². The third-order valence-corrected chi connectivity index (χ3v) is 6.16. The summed E-state index contributed by atoms with van der Waals surface area (Å²) in [5.41, 5.74) is 7.10. The maximum absolute atomic E-state index is 12.8. The fraction of sp³-hybridized carbons (Fsp3) is 0.667. The highest BCUT2D eigenvalue weighted by Crippen LogP contribution is 2.35. The molecular formula is C21H34ClN3O. The average Bonchev–Trinajstić information content (AvgIpc) is 2.69. The van der Waals surface area contributed by atoms with E-state index in [9.17, 15) is 4.79 Å². The molecule has 0 spiro atoms. The van der Waals surface area contributed by atoms with Crippen molar-refractivity contribution >= 4 is 18.3 Å². The fourth-order valence-corrected chi connectivity index (χ4v) is 4.64. The lowest BCUT2D eigenvalue weighted by Crippen LogP contribution is -2.58. The van der Waals surface area contributed by atoms with Gasteiger partial charge in [0.1, 0.15) is 0 Å². The number of nitrogens with zero attached hydrogens (tertiary/aromatic N) is 1. The summed E-state index contributed by atoms with van der Waals surface area (Å²) in [6, 6.07) is 9.92. The number of hydrogen-bond donors (Lipinski definition) is 2. The Labute approximate surface area is 164 Å². The van der Waals surface area contributed by atoms with Crippen molar-refractivity contribution in [1.29, 1.82) is 0 Å². The Kier molecular flexibility index (Phi) is 8.39. The summed E-state index contributed by atoms with van der Waals surface area (Å²) in [4.78, 5) is 15.5. The van der Waals surface area contributed by atoms with E-state index < -0.39 is 0 Å². The summed E-state index contributed by atoms with van der Waals surface area (Å²) in [7, 11) is 0. The predicted molar refractivity (Wildman–Crippen MR) is 110 cm³/mol. The number of carbonyl (C=O) groups excluding carboxylic acids is 1. The molecule has 1 aliphatic heterocycles. The summed E-state index contributed by atoms with van der Waals surface area (Å²) >= 11 is 0. The van der Waals surface area contributed by atoms with Gasteiger partial charge in [0.25, 0.3) is 0 Å². The predicted octanol–water partition coefficient (Wildman–Crippen LogP) is 3.46. The molecule has 1 aromatic carbocycles. The Morgan fingerprint density at radius 3 is 2.27 bits per heavy atom. The largest absolute Gasteiger partial charge is 0.354 e. The van der Waals surface area contributed by atoms with Crippen LogP contribution in [0, 0.1) is 0 Å². The van der Waals surface area contributed by atoms with Crippen molar-refractivity contribution in [3.63, 3.8) is 0 Å². The highest BCUT2D eigenvalue weighted by atomic mass is 35.5. The fourth-order valence-electron chi connectivity index (χ4n) is 4.64. The molecule has 1 aliphatic carbocycles. The summed E-state index contributed by atoms with van der Waals surface area (Å²) in [6.07, 6.45) is 10.3. The normalized spacial score (nSPS) is 21.4. The zero-order valence-corrected chi connectivity index (χ0v) is 16.6. The van der Waals surface area contributed by atoms with E-state index in [2.05, 4.69) is 10.2 Å². The zero-order valence-electron chi connectivity index (χ0n) is 15.8. The van der Waals surface area contributed by atoms with Crippen molar-refractivity contribution in [2.24, 2.45) is 5.73 Å². The second-order valence-corrected chi connectivity index (χ2v) is 7.75. The Balaban J connectivity index is 0.00000243. The van der Waals surface area contributed by atoms with Crippen LogP contribution < -0.4 is 11.1 Å². The maximum Gasteiger partial charge on any atom is 0.228 e. The molecule has 1 saturated carbocycles. The quantitative estimate of drug-likeness (QED) is 0.795. The molecule has 1 atom stereocenters. The van der Waals surface area contributed by atoms with Crippen LogP contribution in [0.1, 0.15) is 62.8 Å². The number of carbonyl (C=O) groups is 1. The van der Waals surface area contributed by atoms with Gasteiger partial charge in [-0.05, 0) is 44.3 Å². The van der Waals surface area contributed by atoms with Crippen LogP contribution in [0.4, 0.5) is 0 Å². The summed E-state index contributed by atoms with van der Waals surface area (Å²) in [5, 5.41) is 3.28.